The van der Waals surface area contributed by atoms with E-state index in [1.165, 1.54) is 18.3 Å². The van der Waals surface area contributed by atoms with Crippen LogP contribution in [-0.4, -0.2) is 21.8 Å². The van der Waals surface area contributed by atoms with Gasteiger partial charge in [0, 0.05) is 23.0 Å². The number of ketones is 1. The molecule has 0 fully saturated rings. The van der Waals surface area contributed by atoms with E-state index in [2.05, 4.69) is 4.98 Å². The highest BCUT2D eigenvalue weighted by atomic mass is 35.5. The molecule has 2 rings (SSSR count). The van der Waals surface area contributed by atoms with E-state index in [9.17, 15) is 14.0 Å². The first kappa shape index (κ1) is 13.2. The summed E-state index contributed by atoms with van der Waals surface area (Å²) in [6, 6.07) is 4.74. The molecule has 0 unspecified atom stereocenters. The number of carbonyl (C=O) groups excluding carboxylic acids is 1. The van der Waals surface area contributed by atoms with Crippen LogP contribution < -0.4 is 0 Å². The molecule has 1 aromatic carbocycles. The number of hydrogen-bond donors (Lipinski definition) is 1. The summed E-state index contributed by atoms with van der Waals surface area (Å²) in [7, 11) is 0. The molecule has 0 radical (unpaired) electrons. The van der Waals surface area contributed by atoms with Gasteiger partial charge in [0.15, 0.2) is 5.78 Å². The van der Waals surface area contributed by atoms with E-state index in [0.717, 1.165) is 18.3 Å². The van der Waals surface area contributed by atoms with Gasteiger partial charge in [-0.15, -0.1) is 0 Å². The smallest absolute Gasteiger partial charge is 0.338 e. The molecule has 0 saturated heterocycles. The van der Waals surface area contributed by atoms with Crippen LogP contribution in [0, 0.1) is 5.82 Å². The minimum atomic E-state index is -1.31. The average Bonchev–Trinajstić information content (AvgIpc) is 2.40. The number of carboxylic acids is 1. The van der Waals surface area contributed by atoms with E-state index in [0.29, 0.717) is 0 Å². The van der Waals surface area contributed by atoms with Crippen molar-refractivity contribution in [2.45, 2.75) is 0 Å². The van der Waals surface area contributed by atoms with Gasteiger partial charge < -0.3 is 5.11 Å². The van der Waals surface area contributed by atoms with Crippen LogP contribution in [-0.2, 0) is 0 Å². The fourth-order valence-electron chi connectivity index (χ4n) is 1.58. The summed E-state index contributed by atoms with van der Waals surface area (Å²) in [5.74, 6) is -2.82. The molecule has 0 spiro atoms. The van der Waals surface area contributed by atoms with Gasteiger partial charge in [-0.1, -0.05) is 11.6 Å². The first-order chi connectivity index (χ1) is 9.00. The van der Waals surface area contributed by atoms with Crippen molar-refractivity contribution in [1.29, 1.82) is 0 Å². The molecule has 2 aromatic rings. The summed E-state index contributed by atoms with van der Waals surface area (Å²) in [6.45, 7) is 0. The Kier molecular flexibility index (Phi) is 3.57. The minimum absolute atomic E-state index is 0.135. The van der Waals surface area contributed by atoms with E-state index in [4.69, 9.17) is 16.7 Å². The van der Waals surface area contributed by atoms with Gasteiger partial charge in [0.05, 0.1) is 11.1 Å². The molecule has 4 nitrogen and oxygen atoms in total. The maximum absolute atomic E-state index is 13.6. The molecular formula is C13H7ClFNO3. The number of hydrogen-bond acceptors (Lipinski definition) is 3. The lowest BCUT2D eigenvalue weighted by Crippen LogP contribution is -2.11. The van der Waals surface area contributed by atoms with Crippen LogP contribution in [0.15, 0.2) is 36.7 Å². The van der Waals surface area contributed by atoms with Crippen molar-refractivity contribution in [1.82, 2.24) is 4.98 Å². The van der Waals surface area contributed by atoms with Gasteiger partial charge in [-0.25, -0.2) is 9.18 Å². The molecule has 0 bridgehead atoms. The summed E-state index contributed by atoms with van der Waals surface area (Å²) in [4.78, 5) is 26.8. The molecule has 1 heterocycles. The molecule has 96 valence electrons. The zero-order chi connectivity index (χ0) is 14.0. The van der Waals surface area contributed by atoms with Gasteiger partial charge in [-0.05, 0) is 24.3 Å². The molecule has 0 amide bonds. The number of rotatable bonds is 3. The van der Waals surface area contributed by atoms with Crippen LogP contribution in [0.4, 0.5) is 4.39 Å². The second-order valence-corrected chi connectivity index (χ2v) is 4.12. The van der Waals surface area contributed by atoms with Gasteiger partial charge in [0.2, 0.25) is 0 Å². The molecule has 19 heavy (non-hydrogen) atoms. The number of nitrogens with zero attached hydrogens (tertiary/aromatic N) is 1. The van der Waals surface area contributed by atoms with Crippen molar-refractivity contribution in [3.8, 4) is 0 Å². The van der Waals surface area contributed by atoms with E-state index in [1.54, 1.807) is 0 Å². The number of halogens is 2. The SMILES string of the molecule is O=C(O)c1cnccc1C(=O)c1cc(Cl)ccc1F. The lowest BCUT2D eigenvalue weighted by atomic mass is 10.00. The van der Waals surface area contributed by atoms with Crippen molar-refractivity contribution in [3.63, 3.8) is 0 Å². The van der Waals surface area contributed by atoms with E-state index >= 15 is 0 Å². The molecule has 1 aromatic heterocycles. The third kappa shape index (κ3) is 2.61. The maximum Gasteiger partial charge on any atom is 0.338 e. The Morgan fingerprint density at radius 2 is 1.89 bits per heavy atom. The van der Waals surface area contributed by atoms with Gasteiger partial charge in [-0.3, -0.25) is 9.78 Å². The average molecular weight is 280 g/mol. The lowest BCUT2D eigenvalue weighted by Gasteiger charge is -2.06. The quantitative estimate of drug-likeness (QED) is 0.877. The predicted molar refractivity (Wildman–Crippen MR) is 66.0 cm³/mol. The molecule has 0 aliphatic heterocycles. The van der Waals surface area contributed by atoms with Crippen molar-refractivity contribution in [2.24, 2.45) is 0 Å². The zero-order valence-corrected chi connectivity index (χ0v) is 10.2. The van der Waals surface area contributed by atoms with E-state index in [1.807, 2.05) is 0 Å². The molecule has 1 N–H and O–H groups in total. The van der Waals surface area contributed by atoms with E-state index in [-0.39, 0.29) is 21.7 Å². The summed E-state index contributed by atoms with van der Waals surface area (Å²) in [5, 5.41) is 9.16. The highest BCUT2D eigenvalue weighted by Crippen LogP contribution is 2.20. The number of carbonyl (C=O) groups is 2. The Balaban J connectivity index is 2.56. The molecule has 0 aliphatic rings. The third-order valence-corrected chi connectivity index (χ3v) is 2.70. The first-order valence-corrected chi connectivity index (χ1v) is 5.55. The Bertz CT molecular complexity index is 673. The Morgan fingerprint density at radius 1 is 1.16 bits per heavy atom. The fourth-order valence-corrected chi connectivity index (χ4v) is 1.75. The summed E-state index contributed by atoms with van der Waals surface area (Å²) < 4.78 is 13.6. The number of carboxylic acid groups (broad SMARTS) is 1. The first-order valence-electron chi connectivity index (χ1n) is 5.17. The van der Waals surface area contributed by atoms with Crippen LogP contribution in [0.3, 0.4) is 0 Å². The number of aromatic carboxylic acids is 1. The summed E-state index contributed by atoms with van der Waals surface area (Å²) in [5.41, 5.74) is -0.697. The van der Waals surface area contributed by atoms with Gasteiger partial charge in [-0.2, -0.15) is 0 Å². The third-order valence-electron chi connectivity index (χ3n) is 2.47. The topological polar surface area (TPSA) is 67.3 Å². The molecule has 0 aliphatic carbocycles. The second-order valence-electron chi connectivity index (χ2n) is 3.68. The number of benzene rings is 1. The highest BCUT2D eigenvalue weighted by Gasteiger charge is 2.20. The Morgan fingerprint density at radius 3 is 2.58 bits per heavy atom. The Labute approximate surface area is 112 Å². The van der Waals surface area contributed by atoms with Crippen molar-refractivity contribution in [3.05, 3.63) is 64.2 Å². The fraction of sp³-hybridized carbons (Fsp3) is 0. The van der Waals surface area contributed by atoms with Crippen LogP contribution in [0.5, 0.6) is 0 Å². The van der Waals surface area contributed by atoms with Crippen LogP contribution in [0.1, 0.15) is 26.3 Å². The Hall–Kier alpha value is -2.27. The largest absolute Gasteiger partial charge is 0.478 e. The van der Waals surface area contributed by atoms with Gasteiger partial charge in [0.25, 0.3) is 0 Å². The number of pyridine rings is 1. The summed E-state index contributed by atoms with van der Waals surface area (Å²) >= 11 is 5.70. The van der Waals surface area contributed by atoms with Crippen LogP contribution in [0.2, 0.25) is 5.02 Å². The van der Waals surface area contributed by atoms with Crippen molar-refractivity contribution >= 4 is 23.4 Å². The highest BCUT2D eigenvalue weighted by molar-refractivity contribution is 6.31. The molecule has 0 saturated carbocycles. The standard InChI is InChI=1S/C13H7ClFNO3/c14-7-1-2-11(15)9(5-7)12(17)8-3-4-16-6-10(8)13(18)19/h1-6H,(H,18,19). The van der Waals surface area contributed by atoms with Crippen molar-refractivity contribution in [2.75, 3.05) is 0 Å². The summed E-state index contributed by atoms with van der Waals surface area (Å²) in [6.07, 6.45) is 2.31. The molecular weight excluding hydrogens is 273 g/mol. The number of aromatic nitrogens is 1. The molecule has 6 heteroatoms. The minimum Gasteiger partial charge on any atom is -0.478 e. The monoisotopic (exact) mass is 279 g/mol. The second kappa shape index (κ2) is 5.16. The van der Waals surface area contributed by atoms with Gasteiger partial charge >= 0.3 is 5.97 Å². The molecule has 0 atom stereocenters. The maximum atomic E-state index is 13.6. The normalized spacial score (nSPS) is 10.2. The predicted octanol–water partition coefficient (Wildman–Crippen LogP) is 2.80. The lowest BCUT2D eigenvalue weighted by molar-refractivity contribution is 0.0692. The van der Waals surface area contributed by atoms with E-state index < -0.39 is 17.6 Å². The van der Waals surface area contributed by atoms with Crippen LogP contribution >= 0.6 is 11.6 Å². The van der Waals surface area contributed by atoms with Gasteiger partial charge in [0.1, 0.15) is 5.82 Å². The van der Waals surface area contributed by atoms with Crippen LogP contribution in [0.25, 0.3) is 0 Å². The zero-order valence-electron chi connectivity index (χ0n) is 9.43. The van der Waals surface area contributed by atoms with Crippen molar-refractivity contribution < 1.29 is 19.1 Å².